The van der Waals surface area contributed by atoms with Gasteiger partial charge in [-0.15, -0.1) is 0 Å². The molecule has 0 spiro atoms. The molecule has 0 saturated heterocycles. The minimum Gasteiger partial charge on any atom is -0.310 e. The summed E-state index contributed by atoms with van der Waals surface area (Å²) in [5.74, 6) is 1.86. The van der Waals surface area contributed by atoms with Gasteiger partial charge in [0.25, 0.3) is 0 Å². The Morgan fingerprint density at radius 3 is 2.89 bits per heavy atom. The maximum Gasteiger partial charge on any atom is 0.0323 e. The van der Waals surface area contributed by atoms with Crippen molar-refractivity contribution in [2.45, 2.75) is 57.9 Å². The summed E-state index contributed by atoms with van der Waals surface area (Å²) in [4.78, 5) is 0. The first-order valence-electron chi connectivity index (χ1n) is 8.14. The van der Waals surface area contributed by atoms with E-state index in [2.05, 4.69) is 36.5 Å². The Balaban J connectivity index is 1.59. The summed E-state index contributed by atoms with van der Waals surface area (Å²) in [7, 11) is 0. The Kier molecular flexibility index (Phi) is 4.22. The van der Waals surface area contributed by atoms with Crippen molar-refractivity contribution in [3.63, 3.8) is 0 Å². The third-order valence-electron chi connectivity index (χ3n) is 5.07. The van der Waals surface area contributed by atoms with Gasteiger partial charge in [-0.25, -0.2) is 0 Å². The summed E-state index contributed by atoms with van der Waals surface area (Å²) in [5.41, 5.74) is 3.14. The highest BCUT2D eigenvalue weighted by Crippen LogP contribution is 2.32. The van der Waals surface area contributed by atoms with Crippen LogP contribution in [0.15, 0.2) is 24.3 Å². The van der Waals surface area contributed by atoms with Crippen molar-refractivity contribution in [3.05, 3.63) is 35.4 Å². The molecular weight excluding hydrogens is 230 g/mol. The summed E-state index contributed by atoms with van der Waals surface area (Å²) in [6.07, 6.45) is 9.69. The monoisotopic (exact) mass is 257 g/mol. The fourth-order valence-corrected chi connectivity index (χ4v) is 4.02. The van der Waals surface area contributed by atoms with Gasteiger partial charge in [-0.1, -0.05) is 44.0 Å². The Bertz CT molecular complexity index is 412. The molecule has 1 heteroatoms. The number of nitrogens with one attached hydrogen (secondary N) is 1. The average Bonchev–Trinajstić information content (AvgIpc) is 2.45. The molecule has 0 heterocycles. The lowest BCUT2D eigenvalue weighted by Crippen LogP contribution is -2.31. The van der Waals surface area contributed by atoms with E-state index in [1.165, 1.54) is 51.5 Å². The molecule has 1 aromatic carbocycles. The molecule has 3 unspecified atom stereocenters. The van der Waals surface area contributed by atoms with E-state index in [0.29, 0.717) is 6.04 Å². The lowest BCUT2D eigenvalue weighted by Gasteiger charge is -2.31. The van der Waals surface area contributed by atoms with Gasteiger partial charge in [0.2, 0.25) is 0 Å². The molecule has 1 N–H and O–H groups in total. The van der Waals surface area contributed by atoms with Crippen LogP contribution in [-0.2, 0) is 6.42 Å². The molecular formula is C18H27N. The number of fused-ring (bicyclic) bond motifs is 1. The third-order valence-corrected chi connectivity index (χ3v) is 5.07. The predicted octanol–water partition coefficient (Wildman–Crippen LogP) is 4.48. The molecule has 3 atom stereocenters. The van der Waals surface area contributed by atoms with Crippen molar-refractivity contribution in [3.8, 4) is 0 Å². The molecule has 1 nitrogen and oxygen atoms in total. The van der Waals surface area contributed by atoms with Crippen molar-refractivity contribution < 1.29 is 0 Å². The van der Waals surface area contributed by atoms with Crippen LogP contribution < -0.4 is 5.32 Å². The quantitative estimate of drug-likeness (QED) is 0.842. The van der Waals surface area contributed by atoms with Crippen molar-refractivity contribution in [1.82, 2.24) is 5.32 Å². The van der Waals surface area contributed by atoms with Crippen LogP contribution in [0.4, 0.5) is 0 Å². The molecule has 1 aromatic rings. The van der Waals surface area contributed by atoms with E-state index < -0.39 is 0 Å². The molecule has 2 aliphatic carbocycles. The van der Waals surface area contributed by atoms with Gasteiger partial charge < -0.3 is 5.32 Å². The molecule has 1 fully saturated rings. The lowest BCUT2D eigenvalue weighted by molar-refractivity contribution is 0.263. The standard InChI is InChI=1S/C18H27N/c1-14-6-4-7-15(12-14)13-19-18-11-5-9-16-8-2-3-10-17(16)18/h2-3,8,10,14-15,18-19H,4-7,9,11-13H2,1H3. The third kappa shape index (κ3) is 3.20. The normalized spacial score (nSPS) is 30.9. The minimum absolute atomic E-state index is 0.613. The van der Waals surface area contributed by atoms with Gasteiger partial charge in [0, 0.05) is 6.04 Å². The first-order chi connectivity index (χ1) is 9.33. The Hall–Kier alpha value is -0.820. The van der Waals surface area contributed by atoms with Crippen molar-refractivity contribution in [2.24, 2.45) is 11.8 Å². The van der Waals surface area contributed by atoms with Crippen LogP contribution in [0.25, 0.3) is 0 Å². The number of aryl methyl sites for hydroxylation is 1. The van der Waals surface area contributed by atoms with Crippen LogP contribution in [-0.4, -0.2) is 6.54 Å². The highest BCUT2D eigenvalue weighted by molar-refractivity contribution is 5.32. The molecule has 104 valence electrons. The van der Waals surface area contributed by atoms with Crippen molar-refractivity contribution in [2.75, 3.05) is 6.54 Å². The maximum atomic E-state index is 3.87. The van der Waals surface area contributed by atoms with E-state index in [0.717, 1.165) is 11.8 Å². The van der Waals surface area contributed by atoms with E-state index in [-0.39, 0.29) is 0 Å². The van der Waals surface area contributed by atoms with Crippen molar-refractivity contribution in [1.29, 1.82) is 0 Å². The summed E-state index contributed by atoms with van der Waals surface area (Å²) in [5, 5.41) is 3.87. The number of benzene rings is 1. The van der Waals surface area contributed by atoms with Crippen LogP contribution in [0, 0.1) is 11.8 Å². The van der Waals surface area contributed by atoms with Gasteiger partial charge in [-0.3, -0.25) is 0 Å². The fourth-order valence-electron chi connectivity index (χ4n) is 4.02. The van der Waals surface area contributed by atoms with Gasteiger partial charge in [0.05, 0.1) is 0 Å². The first kappa shape index (κ1) is 13.2. The molecule has 0 amide bonds. The van der Waals surface area contributed by atoms with Gasteiger partial charge in [0.15, 0.2) is 0 Å². The maximum absolute atomic E-state index is 3.87. The number of hydrogen-bond donors (Lipinski definition) is 1. The topological polar surface area (TPSA) is 12.0 Å². The SMILES string of the molecule is CC1CCCC(CNC2CCCc3ccccc32)C1. The summed E-state index contributed by atoms with van der Waals surface area (Å²) < 4.78 is 0. The van der Waals surface area contributed by atoms with E-state index in [9.17, 15) is 0 Å². The molecule has 3 rings (SSSR count). The minimum atomic E-state index is 0.613. The van der Waals surface area contributed by atoms with Crippen LogP contribution in [0.1, 0.15) is 62.6 Å². The highest BCUT2D eigenvalue weighted by Gasteiger charge is 2.22. The second kappa shape index (κ2) is 6.09. The zero-order chi connectivity index (χ0) is 13.1. The zero-order valence-electron chi connectivity index (χ0n) is 12.2. The van der Waals surface area contributed by atoms with Gasteiger partial charge in [-0.2, -0.15) is 0 Å². The zero-order valence-corrected chi connectivity index (χ0v) is 12.2. The molecule has 2 aliphatic rings. The van der Waals surface area contributed by atoms with E-state index in [4.69, 9.17) is 0 Å². The molecule has 1 saturated carbocycles. The predicted molar refractivity (Wildman–Crippen MR) is 81.2 cm³/mol. The lowest BCUT2D eigenvalue weighted by atomic mass is 9.82. The summed E-state index contributed by atoms with van der Waals surface area (Å²) in [6.45, 7) is 3.64. The summed E-state index contributed by atoms with van der Waals surface area (Å²) in [6, 6.07) is 9.63. The number of rotatable bonds is 3. The van der Waals surface area contributed by atoms with Crippen LogP contribution in [0.5, 0.6) is 0 Å². The number of hydrogen-bond acceptors (Lipinski definition) is 1. The van der Waals surface area contributed by atoms with Crippen LogP contribution in [0.2, 0.25) is 0 Å². The van der Waals surface area contributed by atoms with Crippen LogP contribution in [0.3, 0.4) is 0 Å². The summed E-state index contributed by atoms with van der Waals surface area (Å²) >= 11 is 0. The highest BCUT2D eigenvalue weighted by atomic mass is 14.9. The van der Waals surface area contributed by atoms with Crippen LogP contribution >= 0.6 is 0 Å². The Morgan fingerprint density at radius 2 is 2.00 bits per heavy atom. The smallest absolute Gasteiger partial charge is 0.0323 e. The fraction of sp³-hybridized carbons (Fsp3) is 0.667. The second-order valence-electron chi connectivity index (χ2n) is 6.69. The Labute approximate surface area is 117 Å². The molecule has 0 aromatic heterocycles. The molecule has 0 bridgehead atoms. The molecule has 0 aliphatic heterocycles. The van der Waals surface area contributed by atoms with Gasteiger partial charge >= 0.3 is 0 Å². The molecule has 0 radical (unpaired) electrons. The van der Waals surface area contributed by atoms with Gasteiger partial charge in [0.1, 0.15) is 0 Å². The van der Waals surface area contributed by atoms with Crippen molar-refractivity contribution >= 4 is 0 Å². The Morgan fingerprint density at radius 1 is 1.11 bits per heavy atom. The van der Waals surface area contributed by atoms with Gasteiger partial charge in [-0.05, 0) is 61.6 Å². The van der Waals surface area contributed by atoms with E-state index >= 15 is 0 Å². The first-order valence-corrected chi connectivity index (χ1v) is 8.14. The largest absolute Gasteiger partial charge is 0.310 e. The molecule has 19 heavy (non-hydrogen) atoms. The second-order valence-corrected chi connectivity index (χ2v) is 6.69. The van der Waals surface area contributed by atoms with E-state index in [1.54, 1.807) is 11.1 Å². The van der Waals surface area contributed by atoms with E-state index in [1.807, 2.05) is 0 Å². The average molecular weight is 257 g/mol.